The minimum absolute atomic E-state index is 0.308. The Balaban J connectivity index is 2.13. The van der Waals surface area contributed by atoms with E-state index in [-0.39, 0.29) is 0 Å². The second-order valence-electron chi connectivity index (χ2n) is 2.69. The molecule has 0 aromatic rings. The zero-order chi connectivity index (χ0) is 7.40. The largest absolute Gasteiger partial charge is 0.300 e. The van der Waals surface area contributed by atoms with E-state index >= 15 is 0 Å². The van der Waals surface area contributed by atoms with Gasteiger partial charge in [-0.05, 0) is 6.92 Å². The number of rotatable bonds is 2. The normalized spacial score (nSPS) is 24.6. The van der Waals surface area contributed by atoms with E-state index in [0.717, 1.165) is 6.54 Å². The summed E-state index contributed by atoms with van der Waals surface area (Å²) >= 11 is 7.90. The molecular weight excluding hydrogens is 166 g/mol. The molecule has 1 unspecified atom stereocenters. The summed E-state index contributed by atoms with van der Waals surface area (Å²) in [5.74, 6) is 2.56. The van der Waals surface area contributed by atoms with Gasteiger partial charge in [-0.1, -0.05) is 0 Å². The zero-order valence-electron chi connectivity index (χ0n) is 6.35. The summed E-state index contributed by atoms with van der Waals surface area (Å²) in [6.45, 7) is 5.56. The van der Waals surface area contributed by atoms with Crippen molar-refractivity contribution >= 4 is 23.4 Å². The third-order valence-electron chi connectivity index (χ3n) is 1.61. The van der Waals surface area contributed by atoms with E-state index in [1.807, 2.05) is 11.8 Å². The summed E-state index contributed by atoms with van der Waals surface area (Å²) < 4.78 is 0. The van der Waals surface area contributed by atoms with Gasteiger partial charge in [0.05, 0.1) is 0 Å². The Morgan fingerprint density at radius 3 is 2.60 bits per heavy atom. The molecule has 0 radical (unpaired) electrons. The lowest BCUT2D eigenvalue weighted by Gasteiger charge is -2.26. The number of hydrogen-bond donors (Lipinski definition) is 0. The number of halogens is 1. The monoisotopic (exact) mass is 179 g/mol. The van der Waals surface area contributed by atoms with Crippen LogP contribution in [0.1, 0.15) is 6.92 Å². The zero-order valence-corrected chi connectivity index (χ0v) is 7.92. The average molecular weight is 180 g/mol. The topological polar surface area (TPSA) is 3.24 Å². The fraction of sp³-hybridized carbons (Fsp3) is 1.00. The molecule has 1 rings (SSSR count). The Morgan fingerprint density at radius 2 is 2.10 bits per heavy atom. The molecule has 0 spiro atoms. The van der Waals surface area contributed by atoms with Crippen molar-refractivity contribution < 1.29 is 0 Å². The Labute approximate surface area is 72.1 Å². The van der Waals surface area contributed by atoms with Crippen LogP contribution in [0, 0.1) is 0 Å². The van der Waals surface area contributed by atoms with Crippen LogP contribution in [0.25, 0.3) is 0 Å². The first-order valence-electron chi connectivity index (χ1n) is 3.73. The van der Waals surface area contributed by atoms with Gasteiger partial charge in [0.2, 0.25) is 0 Å². The van der Waals surface area contributed by atoms with Crippen molar-refractivity contribution in [3.05, 3.63) is 0 Å². The third kappa shape index (κ3) is 3.13. The van der Waals surface area contributed by atoms with Crippen LogP contribution in [-0.4, -0.2) is 41.4 Å². The Bertz CT molecular complexity index is 91.6. The molecule has 1 aliphatic heterocycles. The maximum absolute atomic E-state index is 5.86. The van der Waals surface area contributed by atoms with Crippen molar-refractivity contribution in [3.63, 3.8) is 0 Å². The highest BCUT2D eigenvalue weighted by Crippen LogP contribution is 2.10. The van der Waals surface area contributed by atoms with Gasteiger partial charge in [-0.25, -0.2) is 0 Å². The van der Waals surface area contributed by atoms with Crippen LogP contribution in [0.3, 0.4) is 0 Å². The molecule has 0 aromatic carbocycles. The molecule has 0 bridgehead atoms. The van der Waals surface area contributed by atoms with Gasteiger partial charge in [0.15, 0.2) is 0 Å². The van der Waals surface area contributed by atoms with E-state index in [2.05, 4.69) is 11.8 Å². The SMILES string of the molecule is CC(Cl)CN1CCSCC1. The molecule has 1 atom stereocenters. The average Bonchev–Trinajstić information content (AvgIpc) is 1.88. The van der Waals surface area contributed by atoms with Crippen LogP contribution in [0.15, 0.2) is 0 Å². The number of nitrogens with zero attached hydrogens (tertiary/aromatic N) is 1. The summed E-state index contributed by atoms with van der Waals surface area (Å²) in [5.41, 5.74) is 0. The summed E-state index contributed by atoms with van der Waals surface area (Å²) in [5, 5.41) is 0.308. The molecule has 0 N–H and O–H groups in total. The van der Waals surface area contributed by atoms with Crippen LogP contribution >= 0.6 is 23.4 Å². The molecule has 1 fully saturated rings. The summed E-state index contributed by atoms with van der Waals surface area (Å²) in [6, 6.07) is 0. The van der Waals surface area contributed by atoms with Gasteiger partial charge >= 0.3 is 0 Å². The predicted octanol–water partition coefficient (Wildman–Crippen LogP) is 1.66. The fourth-order valence-corrected chi connectivity index (χ4v) is 2.31. The van der Waals surface area contributed by atoms with Crippen molar-refractivity contribution in [1.82, 2.24) is 4.90 Å². The van der Waals surface area contributed by atoms with E-state index in [9.17, 15) is 0 Å². The lowest BCUT2D eigenvalue weighted by molar-refractivity contribution is 0.305. The second kappa shape index (κ2) is 4.47. The van der Waals surface area contributed by atoms with Crippen LogP contribution in [-0.2, 0) is 0 Å². The molecule has 0 amide bonds. The third-order valence-corrected chi connectivity index (χ3v) is 2.69. The molecule has 0 saturated carbocycles. The summed E-state index contributed by atoms with van der Waals surface area (Å²) in [7, 11) is 0. The van der Waals surface area contributed by atoms with Gasteiger partial charge in [0.25, 0.3) is 0 Å². The van der Waals surface area contributed by atoms with Gasteiger partial charge in [0, 0.05) is 36.5 Å². The molecule has 60 valence electrons. The van der Waals surface area contributed by atoms with Crippen LogP contribution in [0.5, 0.6) is 0 Å². The minimum Gasteiger partial charge on any atom is -0.300 e. The van der Waals surface area contributed by atoms with Gasteiger partial charge < -0.3 is 4.90 Å². The molecule has 1 heterocycles. The number of hydrogen-bond acceptors (Lipinski definition) is 2. The van der Waals surface area contributed by atoms with Gasteiger partial charge in [-0.15, -0.1) is 11.6 Å². The van der Waals surface area contributed by atoms with Gasteiger partial charge in [0.1, 0.15) is 0 Å². The first-order valence-corrected chi connectivity index (χ1v) is 5.32. The lowest BCUT2D eigenvalue weighted by Crippen LogP contribution is -2.36. The van der Waals surface area contributed by atoms with Crippen molar-refractivity contribution in [2.24, 2.45) is 0 Å². The molecule has 0 aromatic heterocycles. The molecule has 1 saturated heterocycles. The predicted molar refractivity (Wildman–Crippen MR) is 49.1 cm³/mol. The summed E-state index contributed by atoms with van der Waals surface area (Å²) in [6.07, 6.45) is 0. The van der Waals surface area contributed by atoms with Crippen molar-refractivity contribution in [2.45, 2.75) is 12.3 Å². The molecule has 3 heteroatoms. The summed E-state index contributed by atoms with van der Waals surface area (Å²) in [4.78, 5) is 2.44. The minimum atomic E-state index is 0.308. The maximum atomic E-state index is 5.86. The van der Waals surface area contributed by atoms with Crippen molar-refractivity contribution in [1.29, 1.82) is 0 Å². The molecule has 10 heavy (non-hydrogen) atoms. The highest BCUT2D eigenvalue weighted by Gasteiger charge is 2.11. The van der Waals surface area contributed by atoms with E-state index in [4.69, 9.17) is 11.6 Å². The maximum Gasteiger partial charge on any atom is 0.0435 e. The standard InChI is InChI=1S/C7H14ClNS/c1-7(8)6-9-2-4-10-5-3-9/h7H,2-6H2,1H3. The van der Waals surface area contributed by atoms with Crippen molar-refractivity contribution in [2.75, 3.05) is 31.1 Å². The first-order chi connectivity index (χ1) is 4.79. The van der Waals surface area contributed by atoms with Gasteiger partial charge in [-0.3, -0.25) is 0 Å². The smallest absolute Gasteiger partial charge is 0.0435 e. The fourth-order valence-electron chi connectivity index (χ4n) is 1.14. The Hall–Kier alpha value is 0.600. The van der Waals surface area contributed by atoms with E-state index in [1.165, 1.54) is 24.6 Å². The highest BCUT2D eigenvalue weighted by atomic mass is 35.5. The molecule has 0 aliphatic carbocycles. The lowest BCUT2D eigenvalue weighted by atomic mass is 10.4. The second-order valence-corrected chi connectivity index (χ2v) is 4.66. The Kier molecular flexibility index (Phi) is 3.89. The van der Waals surface area contributed by atoms with Crippen LogP contribution in [0.2, 0.25) is 0 Å². The molecule has 1 aliphatic rings. The Morgan fingerprint density at radius 1 is 1.50 bits per heavy atom. The van der Waals surface area contributed by atoms with Crippen molar-refractivity contribution in [3.8, 4) is 0 Å². The van der Waals surface area contributed by atoms with Crippen LogP contribution in [0.4, 0.5) is 0 Å². The van der Waals surface area contributed by atoms with E-state index < -0.39 is 0 Å². The van der Waals surface area contributed by atoms with Crippen LogP contribution < -0.4 is 0 Å². The quantitative estimate of drug-likeness (QED) is 0.594. The highest BCUT2D eigenvalue weighted by molar-refractivity contribution is 7.99. The number of thioether (sulfide) groups is 1. The first kappa shape index (κ1) is 8.69. The molecular formula is C7H14ClNS. The van der Waals surface area contributed by atoms with Gasteiger partial charge in [-0.2, -0.15) is 11.8 Å². The number of alkyl halides is 1. The van der Waals surface area contributed by atoms with E-state index in [0.29, 0.717) is 5.38 Å². The molecule has 1 nitrogen and oxygen atoms in total. The van der Waals surface area contributed by atoms with E-state index in [1.54, 1.807) is 0 Å².